The Morgan fingerprint density at radius 1 is 0.315 bits per heavy atom. The van der Waals surface area contributed by atoms with Gasteiger partial charge in [-0.1, -0.05) is 0 Å². The van der Waals surface area contributed by atoms with E-state index in [2.05, 4.69) is 184 Å². The summed E-state index contributed by atoms with van der Waals surface area (Å²) in [5.74, 6) is -5.88. The minimum absolute atomic E-state index is 0.0776. The van der Waals surface area contributed by atoms with Gasteiger partial charge in [0.1, 0.15) is 86.4 Å². The van der Waals surface area contributed by atoms with Gasteiger partial charge in [-0.05, 0) is 177 Å². The van der Waals surface area contributed by atoms with E-state index in [-0.39, 0.29) is 93.5 Å². The third-order valence-electron chi connectivity index (χ3n) is 24.7. The van der Waals surface area contributed by atoms with E-state index in [1.807, 2.05) is 130 Å². The molecule has 45 nitrogen and oxygen atoms in total. The number of hydrogen-bond acceptors (Lipinski definition) is 35. The van der Waals surface area contributed by atoms with Crippen LogP contribution < -0.4 is 53.2 Å². The number of alkyl halides is 8. The van der Waals surface area contributed by atoms with E-state index >= 15 is 0 Å². The van der Waals surface area contributed by atoms with Gasteiger partial charge in [-0.15, -0.1) is 0 Å². The van der Waals surface area contributed by atoms with Gasteiger partial charge in [0.05, 0.1) is 147 Å². The number of nitrogens with one attached hydrogen (secondary N) is 10. The van der Waals surface area contributed by atoms with Crippen LogP contribution in [-0.2, 0) is 45.8 Å². The number of halogens is 9. The Labute approximate surface area is 843 Å². The highest BCUT2D eigenvalue weighted by atomic mass is 79.9. The number of anilines is 15. The Morgan fingerprint density at radius 3 is 0.801 bits per heavy atom. The van der Waals surface area contributed by atoms with Gasteiger partial charge in [-0.3, -0.25) is 0 Å². The molecule has 0 spiro atoms. The standard InChI is InChI=1S/C20H27F2N9.C19H25F2N9.2C18H23F2N9.C17H22BrN9/c1-5-23-17-14(20(4,21)22)12-24-18(28-17)27-16-11-15(29-30(16)13-7-6-8-13)19(2,3)31-25-9-10-26-31;1-5-22-16-13(19(4,20)21)11-23-17(27-16)26-15-10-14(28-29(15)12-6-7-12)18(2,3)30-24-8-9-25-30;1-17(2,29-23-7-8-24-29)13-9-14(28(27-13)11-5-6-11)25-16-22-10-12(18(3,19)20)15(21-4)26-16;1-4-21-16-13(18(3,19)20)10-22-17(26-16)25-15-9-14(27-28(15)12-5-6-12)11(2)29-23-7-8-24-29;1-4-19-15-12(18)10-20-16(24-15)23-14-9-13(25-26(14)11-5-6-11)17(2,3)27-21-7-8-22-27/h9-13H,5-8H2,1-4H3,(H2,23,24,27,28);8-12H,5-7H2,1-4H3,(H2,22,23,26,27);7-11H,5-6H2,1-4H3,(H2,21,22,25,26);7-12H,4-6H2,1-3H3,(H2,21,22,25,26);7-11H,4-6H2,1-3H3,(H2,19,20,23,24). The average Bonchev–Trinajstić information content (AvgIpc) is 1.65. The SMILES string of the molecule is CCNc1nc(Nc2cc(C(C)(C)n3nccn3)nn2C2CC2)ncc1Br.CCNc1nc(Nc2cc(C(C)(C)n3nccn3)nn2C2CC2)ncc1C(C)(F)F.CCNc1nc(Nc2cc(C(C)(C)n3nccn3)nn2C2CCC2)ncc1C(C)(F)F.CCNc1nc(Nc2cc(C(C)n3nccn3)nn2C2CC2)ncc1C(C)(F)F.CNc1nc(Nc2cc(C(C)(C)n3nccn3)nn2C2CC2)ncc1C(C)(F)F. The van der Waals surface area contributed by atoms with Crippen LogP contribution in [-0.4, -0.2) is 207 Å². The fraction of sp³-hybridized carbons (Fsp3) is 0.511. The van der Waals surface area contributed by atoms with Crippen molar-refractivity contribution in [3.63, 3.8) is 0 Å². The highest BCUT2D eigenvalue weighted by Crippen LogP contribution is 2.47. The predicted molar refractivity (Wildman–Crippen MR) is 533 cm³/mol. The summed E-state index contributed by atoms with van der Waals surface area (Å²) >= 11 is 3.47. The maximum Gasteiger partial charge on any atom is 0.275 e. The lowest BCUT2D eigenvalue weighted by atomic mass is 9.93. The van der Waals surface area contributed by atoms with Crippen molar-refractivity contribution in [3.8, 4) is 0 Å². The van der Waals surface area contributed by atoms with Crippen molar-refractivity contribution in [2.75, 3.05) is 86.4 Å². The quantitative estimate of drug-likeness (QED) is 0.0161. The summed E-state index contributed by atoms with van der Waals surface area (Å²) in [5.41, 5.74) is 0.871. The lowest BCUT2D eigenvalue weighted by Crippen LogP contribution is -2.31. The molecule has 20 rings (SSSR count). The minimum Gasteiger partial charge on any atom is -0.373 e. The summed E-state index contributed by atoms with van der Waals surface area (Å²) in [6, 6.07) is 11.0. The van der Waals surface area contributed by atoms with Gasteiger partial charge in [0, 0.05) is 122 Å². The van der Waals surface area contributed by atoms with E-state index < -0.39 is 45.8 Å². The zero-order valence-electron chi connectivity index (χ0n) is 84.2. The van der Waals surface area contributed by atoms with Crippen molar-refractivity contribution in [1.82, 2.24) is 174 Å². The van der Waals surface area contributed by atoms with Crippen molar-refractivity contribution in [1.29, 1.82) is 0 Å². The van der Waals surface area contributed by atoms with Crippen LogP contribution in [0.15, 0.2) is 128 Å². The monoisotopic (exact) mass is 2090 g/mol. The highest BCUT2D eigenvalue weighted by molar-refractivity contribution is 9.10. The first-order valence-electron chi connectivity index (χ1n) is 48.3. The number of aromatic nitrogens is 35. The molecule has 0 amide bonds. The Hall–Kier alpha value is -14.9. The second-order valence-corrected chi connectivity index (χ2v) is 39.0. The van der Waals surface area contributed by atoms with Crippen LogP contribution in [0.1, 0.15) is 275 Å². The summed E-state index contributed by atoms with van der Waals surface area (Å²) in [7, 11) is 1.55. The van der Waals surface area contributed by atoms with Gasteiger partial charge in [0.15, 0.2) is 0 Å². The second-order valence-electron chi connectivity index (χ2n) is 38.1. The highest BCUT2D eigenvalue weighted by Gasteiger charge is 2.42. The summed E-state index contributed by atoms with van der Waals surface area (Å²) in [6.07, 6.45) is 34.3. The number of hydrogen-bond donors (Lipinski definition) is 10. The van der Waals surface area contributed by atoms with E-state index in [9.17, 15) is 35.1 Å². The first kappa shape index (κ1) is 104. The Kier molecular flexibility index (Phi) is 30.2. The van der Waals surface area contributed by atoms with Crippen molar-refractivity contribution < 1.29 is 35.1 Å². The van der Waals surface area contributed by atoms with E-state index in [1.54, 1.807) is 99.2 Å². The predicted octanol–water partition coefficient (Wildman–Crippen LogP) is 17.8. The molecule has 54 heteroatoms. The van der Waals surface area contributed by atoms with E-state index in [0.717, 1.165) is 174 Å². The molecule has 15 aromatic heterocycles. The van der Waals surface area contributed by atoms with Crippen LogP contribution in [0.2, 0.25) is 0 Å². The Morgan fingerprint density at radius 2 is 0.548 bits per heavy atom. The van der Waals surface area contributed by atoms with Gasteiger partial charge in [0.25, 0.3) is 23.7 Å². The topological polar surface area (TPSA) is 492 Å². The van der Waals surface area contributed by atoms with Gasteiger partial charge >= 0.3 is 0 Å². The summed E-state index contributed by atoms with van der Waals surface area (Å²) in [6.45, 7) is 31.0. The maximum absolute atomic E-state index is 13.9. The summed E-state index contributed by atoms with van der Waals surface area (Å²) in [4.78, 5) is 50.5. The van der Waals surface area contributed by atoms with Crippen LogP contribution in [0, 0.1) is 0 Å². The minimum atomic E-state index is -3.04. The molecule has 10 N–H and O–H groups in total. The molecule has 0 saturated heterocycles. The van der Waals surface area contributed by atoms with Gasteiger partial charge in [0.2, 0.25) is 29.7 Å². The molecule has 5 aliphatic rings. The molecule has 146 heavy (non-hydrogen) atoms. The van der Waals surface area contributed by atoms with Gasteiger partial charge in [-0.25, -0.2) is 83.5 Å². The van der Waals surface area contributed by atoms with Crippen molar-refractivity contribution in [2.45, 2.75) is 270 Å². The van der Waals surface area contributed by atoms with Crippen LogP contribution in [0.5, 0.6) is 0 Å². The third-order valence-corrected chi connectivity index (χ3v) is 25.3. The third kappa shape index (κ3) is 24.0. The van der Waals surface area contributed by atoms with Crippen LogP contribution in [0.4, 0.5) is 123 Å². The molecule has 776 valence electrons. The van der Waals surface area contributed by atoms with E-state index in [1.165, 1.54) is 0 Å². The van der Waals surface area contributed by atoms with Crippen molar-refractivity contribution in [3.05, 3.63) is 178 Å². The fourth-order valence-corrected chi connectivity index (χ4v) is 15.9. The van der Waals surface area contributed by atoms with Crippen molar-refractivity contribution >= 4 is 104 Å². The van der Waals surface area contributed by atoms with Crippen LogP contribution in [0.3, 0.4) is 0 Å². The molecule has 0 aliphatic heterocycles. The Balaban J connectivity index is 0.000000131. The zero-order valence-corrected chi connectivity index (χ0v) is 85.8. The second kappa shape index (κ2) is 42.4. The maximum atomic E-state index is 13.9. The smallest absolute Gasteiger partial charge is 0.275 e. The van der Waals surface area contributed by atoms with Crippen LogP contribution in [0.25, 0.3) is 0 Å². The lowest BCUT2D eigenvalue weighted by Gasteiger charge is -2.28. The van der Waals surface area contributed by atoms with E-state index in [4.69, 9.17) is 25.5 Å². The Bertz CT molecular complexity index is 6840. The first-order valence-corrected chi connectivity index (χ1v) is 49.1. The molecule has 15 aromatic rings. The van der Waals surface area contributed by atoms with E-state index in [0.29, 0.717) is 60.9 Å². The summed E-state index contributed by atoms with van der Waals surface area (Å²) in [5, 5.41) is 96.9. The molecule has 0 bridgehead atoms. The van der Waals surface area contributed by atoms with Crippen LogP contribution >= 0.6 is 15.9 Å². The molecule has 1 unspecified atom stereocenters. The molecule has 5 aliphatic carbocycles. The number of nitrogens with zero attached hydrogens (tertiary/aromatic N) is 35. The van der Waals surface area contributed by atoms with Crippen molar-refractivity contribution in [2.24, 2.45) is 0 Å². The summed E-state index contributed by atoms with van der Waals surface area (Å²) < 4.78 is 121. The molecule has 15 heterocycles. The molecular formula is C92H120BrF8N45. The normalized spacial score (nSPS) is 14.9. The first-order chi connectivity index (χ1) is 69.4. The molecule has 0 radical (unpaired) electrons. The molecule has 0 aromatic carbocycles. The number of rotatable bonds is 38. The molecule has 1 atom stereocenters. The van der Waals surface area contributed by atoms with Gasteiger partial charge in [-0.2, -0.15) is 125 Å². The average molecular weight is 2090 g/mol. The largest absolute Gasteiger partial charge is 0.373 e. The molecule has 5 saturated carbocycles. The van der Waals surface area contributed by atoms with Gasteiger partial charge < -0.3 is 53.2 Å². The molecule has 5 fully saturated rings. The zero-order chi connectivity index (χ0) is 104. The fourth-order valence-electron chi connectivity index (χ4n) is 15.6. The molecular weight excluding hydrogens is 1970 g/mol. The lowest BCUT2D eigenvalue weighted by molar-refractivity contribution is 0.0169.